The molecule has 0 aromatic heterocycles. The molecule has 8 rings (SSSR count). The second-order valence-corrected chi connectivity index (χ2v) is 13.3. The molecule has 4 aliphatic carbocycles. The molecule has 0 aliphatic heterocycles. The van der Waals surface area contributed by atoms with Gasteiger partial charge in [-0.3, -0.25) is 0 Å². The molecule has 0 bridgehead atoms. The molecule has 3 atom stereocenters. The van der Waals surface area contributed by atoms with E-state index in [-0.39, 0.29) is 0 Å². The summed E-state index contributed by atoms with van der Waals surface area (Å²) >= 11 is 0. The Hall–Kier alpha value is -5.34. The minimum absolute atomic E-state index is 0.574. The fourth-order valence-electron chi connectivity index (χ4n) is 7.64. The van der Waals surface area contributed by atoms with Gasteiger partial charge in [-0.15, -0.1) is 0 Å². The van der Waals surface area contributed by atoms with Crippen molar-refractivity contribution in [1.82, 2.24) is 0 Å². The Balaban J connectivity index is 1.14. The summed E-state index contributed by atoms with van der Waals surface area (Å²) in [5, 5.41) is 2.52. The molecule has 1 fully saturated rings. The Bertz CT molecular complexity index is 2060. The van der Waals surface area contributed by atoms with E-state index in [9.17, 15) is 0 Å². The SMILES string of the molecule is C=C/C=C(\C=C/C)N(C1=C2C=CCCC2CC=C1)c1ccc(-c2ccc(N(C3=CC4CC4C=C3)c3cccc4ccccc34)cc2)cc1. The van der Waals surface area contributed by atoms with Gasteiger partial charge < -0.3 is 9.80 Å². The summed E-state index contributed by atoms with van der Waals surface area (Å²) in [5.74, 6) is 1.96. The molecule has 2 heteroatoms. The molecule has 4 aliphatic rings. The minimum atomic E-state index is 0.574. The minimum Gasteiger partial charge on any atom is -0.310 e. The third-order valence-corrected chi connectivity index (χ3v) is 10.2. The number of hydrogen-bond acceptors (Lipinski definition) is 2. The molecule has 0 spiro atoms. The molecule has 4 aromatic rings. The van der Waals surface area contributed by atoms with Crippen molar-refractivity contribution in [2.45, 2.75) is 32.6 Å². The highest BCUT2D eigenvalue weighted by atomic mass is 15.2. The number of rotatable bonds is 9. The molecule has 3 unspecified atom stereocenters. The van der Waals surface area contributed by atoms with E-state index in [1.807, 2.05) is 6.08 Å². The highest BCUT2D eigenvalue weighted by Crippen LogP contribution is 2.47. The summed E-state index contributed by atoms with van der Waals surface area (Å²) in [5.41, 5.74) is 11.0. The second kappa shape index (κ2) is 13.0. The highest BCUT2D eigenvalue weighted by Gasteiger charge is 2.36. The Morgan fingerprint density at radius 3 is 2.33 bits per heavy atom. The lowest BCUT2D eigenvalue weighted by Gasteiger charge is -2.34. The topological polar surface area (TPSA) is 6.48 Å². The zero-order chi connectivity index (χ0) is 32.5. The van der Waals surface area contributed by atoms with Gasteiger partial charge in [-0.1, -0.05) is 110 Å². The monoisotopic (exact) mass is 622 g/mol. The molecular formula is C46H42N2. The van der Waals surface area contributed by atoms with Crippen LogP contribution in [-0.4, -0.2) is 0 Å². The normalized spacial score (nSPS) is 21.2. The number of anilines is 3. The van der Waals surface area contributed by atoms with Crippen molar-refractivity contribution in [2.75, 3.05) is 9.80 Å². The summed E-state index contributed by atoms with van der Waals surface area (Å²) in [6.07, 6.45) is 29.5. The standard InChI is InChI=1S/C46H42N2/c1-3-11-39(12-4-2)47(45-19-9-15-35-13-5-7-17-43(35)45)40-26-21-33(22-27-40)34-23-28-41(29-24-34)48(42-30-25-37-31-38(37)32-42)46-20-10-16-36-14-6-8-18-44(36)46/h3-4,6-12,14,16-30,32,35,37-38H,1,5,13,15,31H2,2H3/b12-4-,39-11+. The fourth-order valence-corrected chi connectivity index (χ4v) is 7.64. The van der Waals surface area contributed by atoms with Crippen molar-refractivity contribution in [3.8, 4) is 11.1 Å². The summed E-state index contributed by atoms with van der Waals surface area (Å²) in [4.78, 5) is 4.83. The summed E-state index contributed by atoms with van der Waals surface area (Å²) in [6.45, 7) is 6.11. The van der Waals surface area contributed by atoms with Crippen LogP contribution in [-0.2, 0) is 0 Å². The van der Waals surface area contributed by atoms with Crippen LogP contribution in [0.4, 0.5) is 17.1 Å². The third-order valence-electron chi connectivity index (χ3n) is 10.2. The first-order valence-corrected chi connectivity index (χ1v) is 17.4. The summed E-state index contributed by atoms with van der Waals surface area (Å²) < 4.78 is 0. The van der Waals surface area contributed by atoms with Gasteiger partial charge in [0.1, 0.15) is 0 Å². The molecular weight excluding hydrogens is 581 g/mol. The predicted octanol–water partition coefficient (Wildman–Crippen LogP) is 12.4. The maximum atomic E-state index is 4.03. The van der Waals surface area contributed by atoms with Crippen LogP contribution in [0.1, 0.15) is 32.6 Å². The molecule has 1 saturated carbocycles. The van der Waals surface area contributed by atoms with Gasteiger partial charge in [0.2, 0.25) is 0 Å². The predicted molar refractivity (Wildman–Crippen MR) is 205 cm³/mol. The van der Waals surface area contributed by atoms with Gasteiger partial charge in [0.25, 0.3) is 0 Å². The number of benzene rings is 4. The van der Waals surface area contributed by atoms with Crippen LogP contribution in [0.3, 0.4) is 0 Å². The maximum absolute atomic E-state index is 4.03. The lowest BCUT2D eigenvalue weighted by atomic mass is 9.82. The van der Waals surface area contributed by atoms with E-state index in [4.69, 9.17) is 0 Å². The molecule has 0 radical (unpaired) electrons. The van der Waals surface area contributed by atoms with Gasteiger partial charge in [0.15, 0.2) is 0 Å². The molecule has 4 aromatic carbocycles. The van der Waals surface area contributed by atoms with Gasteiger partial charge in [0.05, 0.1) is 5.69 Å². The van der Waals surface area contributed by atoms with Gasteiger partial charge in [-0.25, -0.2) is 0 Å². The van der Waals surface area contributed by atoms with Crippen LogP contribution in [0.25, 0.3) is 21.9 Å². The van der Waals surface area contributed by atoms with Crippen molar-refractivity contribution in [2.24, 2.45) is 17.8 Å². The largest absolute Gasteiger partial charge is 0.310 e. The Morgan fingerprint density at radius 2 is 1.56 bits per heavy atom. The second-order valence-electron chi connectivity index (χ2n) is 13.3. The zero-order valence-electron chi connectivity index (χ0n) is 27.7. The van der Waals surface area contributed by atoms with E-state index >= 15 is 0 Å². The molecule has 0 amide bonds. The van der Waals surface area contributed by atoms with Gasteiger partial charge in [-0.05, 0) is 127 Å². The van der Waals surface area contributed by atoms with Crippen molar-refractivity contribution in [1.29, 1.82) is 0 Å². The van der Waals surface area contributed by atoms with E-state index in [0.717, 1.165) is 30.1 Å². The van der Waals surface area contributed by atoms with E-state index < -0.39 is 0 Å². The molecule has 48 heavy (non-hydrogen) atoms. The smallest absolute Gasteiger partial charge is 0.0539 e. The van der Waals surface area contributed by atoms with E-state index in [2.05, 4.69) is 175 Å². The van der Waals surface area contributed by atoms with Gasteiger partial charge in [-0.2, -0.15) is 0 Å². The number of nitrogens with zero attached hydrogens (tertiary/aromatic N) is 2. The lowest BCUT2D eigenvalue weighted by molar-refractivity contribution is 0.559. The fraction of sp³-hybridized carbons (Fsp3) is 0.174. The molecule has 0 heterocycles. The number of fused-ring (bicyclic) bond motifs is 3. The first-order valence-electron chi connectivity index (χ1n) is 17.4. The summed E-state index contributed by atoms with van der Waals surface area (Å²) in [7, 11) is 0. The van der Waals surface area contributed by atoms with Crippen molar-refractivity contribution in [3.05, 3.63) is 187 Å². The number of allylic oxidation sites excluding steroid dienone is 12. The van der Waals surface area contributed by atoms with Gasteiger partial charge in [0, 0.05) is 33.9 Å². The van der Waals surface area contributed by atoms with E-state index in [1.54, 1.807) is 0 Å². The third kappa shape index (κ3) is 5.73. The van der Waals surface area contributed by atoms with Gasteiger partial charge >= 0.3 is 0 Å². The van der Waals surface area contributed by atoms with Crippen molar-refractivity contribution >= 4 is 27.8 Å². The maximum Gasteiger partial charge on any atom is 0.0539 e. The molecule has 236 valence electrons. The summed E-state index contributed by atoms with van der Waals surface area (Å²) in [6, 6.07) is 33.4. The average molecular weight is 623 g/mol. The zero-order valence-corrected chi connectivity index (χ0v) is 27.7. The molecule has 2 nitrogen and oxygen atoms in total. The van der Waals surface area contributed by atoms with E-state index in [0.29, 0.717) is 11.8 Å². The molecule has 0 N–H and O–H groups in total. The Labute approximate surface area is 285 Å². The Morgan fingerprint density at radius 1 is 0.792 bits per heavy atom. The van der Waals surface area contributed by atoms with Crippen molar-refractivity contribution in [3.63, 3.8) is 0 Å². The first kappa shape index (κ1) is 30.0. The van der Waals surface area contributed by atoms with Crippen LogP contribution in [0.5, 0.6) is 0 Å². The van der Waals surface area contributed by atoms with Crippen LogP contribution >= 0.6 is 0 Å². The first-order chi connectivity index (χ1) is 23.7. The molecule has 0 saturated heterocycles. The quantitative estimate of drug-likeness (QED) is 0.171. The Kier molecular flexibility index (Phi) is 8.16. The number of hydrogen-bond donors (Lipinski definition) is 0. The van der Waals surface area contributed by atoms with Crippen LogP contribution in [0.15, 0.2) is 187 Å². The van der Waals surface area contributed by atoms with Crippen LogP contribution < -0.4 is 9.80 Å². The van der Waals surface area contributed by atoms with E-state index in [1.165, 1.54) is 63.1 Å². The lowest BCUT2D eigenvalue weighted by Crippen LogP contribution is -2.25. The van der Waals surface area contributed by atoms with Crippen molar-refractivity contribution < 1.29 is 0 Å². The van der Waals surface area contributed by atoms with Crippen LogP contribution in [0, 0.1) is 17.8 Å². The van der Waals surface area contributed by atoms with Crippen LogP contribution in [0.2, 0.25) is 0 Å². The highest BCUT2D eigenvalue weighted by molar-refractivity contribution is 5.97. The average Bonchev–Trinajstić information content (AvgIpc) is 3.92.